The van der Waals surface area contributed by atoms with Crippen molar-refractivity contribution in [2.45, 2.75) is 6.42 Å². The van der Waals surface area contributed by atoms with Crippen molar-refractivity contribution in [3.05, 3.63) is 77.6 Å². The van der Waals surface area contributed by atoms with Crippen LogP contribution in [0.4, 0.5) is 0 Å². The van der Waals surface area contributed by atoms with Crippen molar-refractivity contribution in [1.29, 1.82) is 0 Å². The van der Waals surface area contributed by atoms with Gasteiger partial charge in [-0.3, -0.25) is 4.79 Å². The van der Waals surface area contributed by atoms with E-state index in [-0.39, 0.29) is 5.78 Å². The van der Waals surface area contributed by atoms with E-state index in [1.54, 1.807) is 38.5 Å². The summed E-state index contributed by atoms with van der Waals surface area (Å²) < 4.78 is 10.2. The van der Waals surface area contributed by atoms with E-state index < -0.39 is 0 Å². The number of carbonyl (C=O) groups excluding carboxylic acids is 1. The summed E-state index contributed by atoms with van der Waals surface area (Å²) >= 11 is 0. The van der Waals surface area contributed by atoms with Crippen molar-refractivity contribution in [3.8, 4) is 5.75 Å². The molecule has 0 amide bonds. The van der Waals surface area contributed by atoms with Crippen LogP contribution < -0.4 is 4.74 Å². The van der Waals surface area contributed by atoms with Gasteiger partial charge in [0.25, 0.3) is 0 Å². The van der Waals surface area contributed by atoms with E-state index in [2.05, 4.69) is 0 Å². The van der Waals surface area contributed by atoms with Crippen LogP contribution in [0.2, 0.25) is 0 Å². The first-order chi connectivity index (χ1) is 10.2. The molecule has 0 fully saturated rings. The molecule has 2 aromatic carbocycles. The summed E-state index contributed by atoms with van der Waals surface area (Å²) in [5, 5.41) is 0. The average Bonchev–Trinajstić information content (AvgIpc) is 2.55. The van der Waals surface area contributed by atoms with Crippen LogP contribution in [0.1, 0.15) is 15.9 Å². The molecular weight excluding hydrogens is 264 g/mol. The van der Waals surface area contributed by atoms with Gasteiger partial charge >= 0.3 is 0 Å². The van der Waals surface area contributed by atoms with Crippen molar-refractivity contribution >= 4 is 5.78 Å². The van der Waals surface area contributed by atoms with Crippen LogP contribution >= 0.6 is 0 Å². The van der Waals surface area contributed by atoms with Gasteiger partial charge in [0.05, 0.1) is 20.5 Å². The maximum absolute atomic E-state index is 12.5. The lowest BCUT2D eigenvalue weighted by molar-refractivity contribution is 0.102. The van der Waals surface area contributed by atoms with Crippen molar-refractivity contribution in [3.63, 3.8) is 0 Å². The minimum atomic E-state index is -0.0386. The lowest BCUT2D eigenvalue weighted by Gasteiger charge is -2.08. The van der Waals surface area contributed by atoms with Crippen molar-refractivity contribution in [1.82, 2.24) is 0 Å². The third-order valence-electron chi connectivity index (χ3n) is 3.14. The molecule has 21 heavy (non-hydrogen) atoms. The van der Waals surface area contributed by atoms with Gasteiger partial charge in [-0.05, 0) is 29.8 Å². The second-order valence-corrected chi connectivity index (χ2v) is 4.60. The number of ether oxygens (including phenoxy) is 2. The van der Waals surface area contributed by atoms with Crippen LogP contribution in [0.25, 0.3) is 0 Å². The number of benzene rings is 2. The second-order valence-electron chi connectivity index (χ2n) is 4.60. The molecule has 0 unspecified atom stereocenters. The van der Waals surface area contributed by atoms with Gasteiger partial charge in [-0.2, -0.15) is 0 Å². The lowest BCUT2D eigenvalue weighted by atomic mass is 9.98. The zero-order valence-electron chi connectivity index (χ0n) is 12.2. The second kappa shape index (κ2) is 7.29. The van der Waals surface area contributed by atoms with Crippen molar-refractivity contribution < 1.29 is 14.3 Å². The van der Waals surface area contributed by atoms with E-state index in [0.717, 1.165) is 11.3 Å². The minimum Gasteiger partial charge on any atom is -0.504 e. The van der Waals surface area contributed by atoms with E-state index in [9.17, 15) is 4.79 Å². The first kappa shape index (κ1) is 14.9. The normalized spacial score (nSPS) is 11.0. The fourth-order valence-corrected chi connectivity index (χ4v) is 2.06. The Labute approximate surface area is 124 Å². The number of carbonyl (C=O) groups is 1. The highest BCUT2D eigenvalue weighted by molar-refractivity contribution is 6.08. The summed E-state index contributed by atoms with van der Waals surface area (Å²) in [6.07, 6.45) is 2.05. The van der Waals surface area contributed by atoms with Gasteiger partial charge in [-0.25, -0.2) is 0 Å². The molecule has 0 aliphatic rings. The number of ketones is 1. The maximum Gasteiger partial charge on any atom is 0.192 e. The van der Waals surface area contributed by atoms with Gasteiger partial charge in [-0.15, -0.1) is 0 Å². The summed E-state index contributed by atoms with van der Waals surface area (Å²) in [5.41, 5.74) is 2.31. The van der Waals surface area contributed by atoms with E-state index in [4.69, 9.17) is 9.47 Å². The Kier molecular flexibility index (Phi) is 5.16. The highest BCUT2D eigenvalue weighted by Gasteiger charge is 2.13. The summed E-state index contributed by atoms with van der Waals surface area (Å²) in [6.45, 7) is 0. The molecule has 0 bridgehead atoms. The molecule has 108 valence electrons. The van der Waals surface area contributed by atoms with E-state index >= 15 is 0 Å². The Morgan fingerprint density at radius 3 is 2.24 bits per heavy atom. The Morgan fingerprint density at radius 2 is 1.67 bits per heavy atom. The highest BCUT2D eigenvalue weighted by Crippen LogP contribution is 2.17. The molecule has 0 radical (unpaired) electrons. The molecule has 2 aromatic rings. The number of hydrogen-bond acceptors (Lipinski definition) is 3. The zero-order chi connectivity index (χ0) is 15.1. The van der Waals surface area contributed by atoms with Gasteiger partial charge < -0.3 is 9.47 Å². The van der Waals surface area contributed by atoms with Crippen LogP contribution in [0.3, 0.4) is 0 Å². The molecule has 0 aliphatic heterocycles. The fourth-order valence-electron chi connectivity index (χ4n) is 2.06. The number of rotatable bonds is 6. The summed E-state index contributed by atoms with van der Waals surface area (Å²) in [4.78, 5) is 12.5. The summed E-state index contributed by atoms with van der Waals surface area (Å²) in [5.74, 6) is 0.690. The van der Waals surface area contributed by atoms with Gasteiger partial charge in [0.15, 0.2) is 5.78 Å². The van der Waals surface area contributed by atoms with E-state index in [1.807, 2.05) is 30.3 Å². The largest absolute Gasteiger partial charge is 0.504 e. The van der Waals surface area contributed by atoms with Crippen LogP contribution in [0.5, 0.6) is 5.75 Å². The molecule has 0 atom stereocenters. The first-order valence-electron chi connectivity index (χ1n) is 6.69. The summed E-state index contributed by atoms with van der Waals surface area (Å²) in [7, 11) is 3.15. The molecule has 0 aromatic heterocycles. The predicted molar refractivity (Wildman–Crippen MR) is 82.6 cm³/mol. The Hall–Kier alpha value is -2.55. The van der Waals surface area contributed by atoms with Crippen LogP contribution in [-0.2, 0) is 11.2 Å². The molecule has 0 saturated heterocycles. The van der Waals surface area contributed by atoms with Crippen LogP contribution in [0, 0.1) is 0 Å². The molecule has 0 aliphatic carbocycles. The Bertz CT molecular complexity index is 613. The minimum absolute atomic E-state index is 0.0386. The number of methoxy groups -OCH3 is 2. The Morgan fingerprint density at radius 1 is 1.00 bits per heavy atom. The molecule has 3 nitrogen and oxygen atoms in total. The topological polar surface area (TPSA) is 35.5 Å². The lowest BCUT2D eigenvalue weighted by Crippen LogP contribution is -2.07. The summed E-state index contributed by atoms with van der Waals surface area (Å²) in [6, 6.07) is 16.9. The molecule has 3 heteroatoms. The van der Waals surface area contributed by atoms with Crippen molar-refractivity contribution in [2.75, 3.05) is 14.2 Å². The third-order valence-corrected chi connectivity index (χ3v) is 3.14. The molecule has 2 rings (SSSR count). The molecular formula is C18H18O3. The standard InChI is InChI=1S/C18H18O3/c1-20-13-16(12-14-6-4-3-5-7-14)18(19)15-8-10-17(21-2)11-9-15/h3-11,13H,12H2,1-2H3/b16-13+. The van der Waals surface area contributed by atoms with Gasteiger partial charge in [-0.1, -0.05) is 30.3 Å². The monoisotopic (exact) mass is 282 g/mol. The third kappa shape index (κ3) is 3.96. The number of allylic oxidation sites excluding steroid dienone is 1. The average molecular weight is 282 g/mol. The molecule has 0 N–H and O–H groups in total. The SMILES string of the molecule is CO/C=C(\Cc1ccccc1)C(=O)c1ccc(OC)cc1. The Balaban J connectivity index is 2.21. The number of Topliss-reactive ketones (excluding diaryl/α,β-unsaturated/α-hetero) is 1. The van der Waals surface area contributed by atoms with Gasteiger partial charge in [0, 0.05) is 17.6 Å². The van der Waals surface area contributed by atoms with Gasteiger partial charge in [0.1, 0.15) is 5.75 Å². The van der Waals surface area contributed by atoms with Crippen LogP contribution in [-0.4, -0.2) is 20.0 Å². The number of hydrogen-bond donors (Lipinski definition) is 0. The predicted octanol–water partition coefficient (Wildman–Crippen LogP) is 3.65. The smallest absolute Gasteiger partial charge is 0.192 e. The molecule has 0 heterocycles. The maximum atomic E-state index is 12.5. The zero-order valence-corrected chi connectivity index (χ0v) is 12.2. The van der Waals surface area contributed by atoms with Crippen molar-refractivity contribution in [2.24, 2.45) is 0 Å². The molecule has 0 spiro atoms. The van der Waals surface area contributed by atoms with E-state index in [1.165, 1.54) is 6.26 Å². The highest BCUT2D eigenvalue weighted by atomic mass is 16.5. The first-order valence-corrected chi connectivity index (χ1v) is 6.69. The molecule has 0 saturated carbocycles. The van der Waals surface area contributed by atoms with E-state index in [0.29, 0.717) is 17.6 Å². The van der Waals surface area contributed by atoms with Gasteiger partial charge in [0.2, 0.25) is 0 Å². The fraction of sp³-hybridized carbons (Fsp3) is 0.167. The van der Waals surface area contributed by atoms with Crippen LogP contribution in [0.15, 0.2) is 66.4 Å². The quantitative estimate of drug-likeness (QED) is 0.461.